The summed E-state index contributed by atoms with van der Waals surface area (Å²) in [4.78, 5) is 27.9. The number of amides is 2. The molecule has 2 amide bonds. The number of benzene rings is 1. The molecule has 0 bridgehead atoms. The maximum absolute atomic E-state index is 12.5. The van der Waals surface area contributed by atoms with Gasteiger partial charge in [0.2, 0.25) is 0 Å². The molecule has 1 aromatic carbocycles. The minimum atomic E-state index is -3.08. The lowest BCUT2D eigenvalue weighted by Gasteiger charge is -2.33. The first kappa shape index (κ1) is 18.9. The molecule has 1 atom stereocenters. The van der Waals surface area contributed by atoms with Gasteiger partial charge in [0, 0.05) is 26.2 Å². The van der Waals surface area contributed by atoms with E-state index in [0.29, 0.717) is 25.4 Å². The van der Waals surface area contributed by atoms with Gasteiger partial charge in [0.25, 0.3) is 0 Å². The summed E-state index contributed by atoms with van der Waals surface area (Å²) >= 11 is 0. The van der Waals surface area contributed by atoms with E-state index in [4.69, 9.17) is 0 Å². The van der Waals surface area contributed by atoms with Gasteiger partial charge in [-0.2, -0.15) is 0 Å². The molecule has 0 spiro atoms. The quantitative estimate of drug-likeness (QED) is 0.739. The number of carbonyl (C=O) groups is 2. The van der Waals surface area contributed by atoms with E-state index in [-0.39, 0.29) is 17.5 Å². The number of nitrogens with zero attached hydrogens (tertiary/aromatic N) is 2. The molecule has 0 aliphatic carbocycles. The summed E-state index contributed by atoms with van der Waals surface area (Å²) in [5, 5.41) is 0. The highest BCUT2D eigenvalue weighted by Gasteiger charge is 2.36. The predicted octanol–water partition coefficient (Wildman–Crippen LogP) is 1.11. The zero-order valence-corrected chi connectivity index (χ0v) is 16.0. The van der Waals surface area contributed by atoms with Crippen molar-refractivity contribution in [2.45, 2.75) is 31.7 Å². The standard InChI is InChI=1S/C19H26N2O4S/c1-20(17-9-12-26(24,25)14-17)18(22)19(23)21-10-7-16(8-11-21)13-15-5-3-2-4-6-15/h2-6,16-17H,7-14H2,1H3. The highest BCUT2D eigenvalue weighted by Crippen LogP contribution is 2.23. The second-order valence-electron chi connectivity index (χ2n) is 7.40. The number of piperidine rings is 1. The van der Waals surface area contributed by atoms with Crippen LogP contribution in [0.1, 0.15) is 24.8 Å². The lowest BCUT2D eigenvalue weighted by Crippen LogP contribution is -2.50. The van der Waals surface area contributed by atoms with Crippen LogP contribution < -0.4 is 0 Å². The summed E-state index contributed by atoms with van der Waals surface area (Å²) in [6, 6.07) is 9.92. The van der Waals surface area contributed by atoms with Crippen molar-refractivity contribution in [2.75, 3.05) is 31.6 Å². The van der Waals surface area contributed by atoms with Gasteiger partial charge in [0.05, 0.1) is 11.5 Å². The van der Waals surface area contributed by atoms with Gasteiger partial charge in [-0.25, -0.2) is 8.42 Å². The van der Waals surface area contributed by atoms with Crippen LogP contribution in [0, 0.1) is 5.92 Å². The molecule has 2 aliphatic rings. The van der Waals surface area contributed by atoms with Crippen molar-refractivity contribution in [1.82, 2.24) is 9.80 Å². The van der Waals surface area contributed by atoms with Gasteiger partial charge in [-0.05, 0) is 37.2 Å². The van der Waals surface area contributed by atoms with Crippen LogP contribution in [-0.2, 0) is 25.8 Å². The summed E-state index contributed by atoms with van der Waals surface area (Å²) in [7, 11) is -1.54. The fourth-order valence-electron chi connectivity index (χ4n) is 3.82. The molecule has 26 heavy (non-hydrogen) atoms. The molecule has 142 valence electrons. The Bertz CT molecular complexity index is 755. The van der Waals surface area contributed by atoms with Crippen molar-refractivity contribution in [3.05, 3.63) is 35.9 Å². The Labute approximate surface area is 155 Å². The van der Waals surface area contributed by atoms with Gasteiger partial charge in [0.1, 0.15) is 0 Å². The van der Waals surface area contributed by atoms with Gasteiger partial charge in [-0.15, -0.1) is 0 Å². The molecule has 2 heterocycles. The fraction of sp³-hybridized carbons (Fsp3) is 0.579. The second kappa shape index (κ2) is 7.78. The Kier molecular flexibility index (Phi) is 5.65. The third-order valence-electron chi connectivity index (χ3n) is 5.53. The van der Waals surface area contributed by atoms with E-state index in [2.05, 4.69) is 12.1 Å². The molecule has 0 radical (unpaired) electrons. The van der Waals surface area contributed by atoms with Crippen LogP contribution in [0.5, 0.6) is 0 Å². The number of sulfone groups is 1. The van der Waals surface area contributed by atoms with Crippen LogP contribution in [0.25, 0.3) is 0 Å². The zero-order valence-electron chi connectivity index (χ0n) is 15.1. The Hall–Kier alpha value is -1.89. The number of rotatable bonds is 3. The van der Waals surface area contributed by atoms with Crippen LogP contribution in [-0.4, -0.2) is 67.7 Å². The molecule has 2 fully saturated rings. The molecule has 0 N–H and O–H groups in total. The van der Waals surface area contributed by atoms with Crippen molar-refractivity contribution in [3.8, 4) is 0 Å². The molecule has 1 unspecified atom stereocenters. The van der Waals surface area contributed by atoms with E-state index in [1.165, 1.54) is 17.5 Å². The average molecular weight is 378 g/mol. The van der Waals surface area contributed by atoms with Crippen LogP contribution in [0.2, 0.25) is 0 Å². The Morgan fingerprint density at radius 2 is 1.77 bits per heavy atom. The van der Waals surface area contributed by atoms with Crippen LogP contribution in [0.4, 0.5) is 0 Å². The van der Waals surface area contributed by atoms with Crippen LogP contribution >= 0.6 is 0 Å². The highest BCUT2D eigenvalue weighted by molar-refractivity contribution is 7.91. The zero-order chi connectivity index (χ0) is 18.7. The van der Waals surface area contributed by atoms with Gasteiger partial charge in [-0.3, -0.25) is 9.59 Å². The lowest BCUT2D eigenvalue weighted by molar-refractivity contribution is -0.152. The van der Waals surface area contributed by atoms with E-state index in [1.54, 1.807) is 4.90 Å². The maximum Gasteiger partial charge on any atom is 0.312 e. The summed E-state index contributed by atoms with van der Waals surface area (Å²) in [6.45, 7) is 1.16. The SMILES string of the molecule is CN(C(=O)C(=O)N1CCC(Cc2ccccc2)CC1)C1CCS(=O)(=O)C1. The molecular formula is C19H26N2O4S. The highest BCUT2D eigenvalue weighted by atomic mass is 32.2. The summed E-state index contributed by atoms with van der Waals surface area (Å²) < 4.78 is 23.2. The van der Waals surface area contributed by atoms with E-state index in [9.17, 15) is 18.0 Å². The van der Waals surface area contributed by atoms with Gasteiger partial charge in [0.15, 0.2) is 9.84 Å². The third kappa shape index (κ3) is 4.44. The topological polar surface area (TPSA) is 74.8 Å². The number of likely N-dealkylation sites (tertiary alicyclic amines) is 1. The first-order valence-corrected chi connectivity index (χ1v) is 11.0. The Morgan fingerprint density at radius 3 is 2.35 bits per heavy atom. The summed E-state index contributed by atoms with van der Waals surface area (Å²) in [6.07, 6.45) is 3.18. The fourth-order valence-corrected chi connectivity index (χ4v) is 5.59. The number of carbonyl (C=O) groups excluding carboxylic acids is 2. The number of likely N-dealkylation sites (N-methyl/N-ethyl adjacent to an activating group) is 1. The summed E-state index contributed by atoms with van der Waals surface area (Å²) in [5.41, 5.74) is 1.30. The molecule has 0 saturated carbocycles. The van der Waals surface area contributed by atoms with Gasteiger partial charge in [-0.1, -0.05) is 30.3 Å². The van der Waals surface area contributed by atoms with Crippen LogP contribution in [0.3, 0.4) is 0 Å². The summed E-state index contributed by atoms with van der Waals surface area (Å²) in [5.74, 6) is -0.520. The monoisotopic (exact) mass is 378 g/mol. The van der Waals surface area contributed by atoms with Crippen molar-refractivity contribution in [1.29, 1.82) is 0 Å². The molecule has 0 aromatic heterocycles. The Balaban J connectivity index is 1.50. The van der Waals surface area contributed by atoms with Gasteiger partial charge < -0.3 is 9.80 Å². The first-order valence-electron chi connectivity index (χ1n) is 9.16. The average Bonchev–Trinajstić information content (AvgIpc) is 3.01. The minimum Gasteiger partial charge on any atom is -0.334 e. The molecule has 6 nitrogen and oxygen atoms in total. The largest absolute Gasteiger partial charge is 0.334 e. The molecular weight excluding hydrogens is 352 g/mol. The van der Waals surface area contributed by atoms with Crippen molar-refractivity contribution < 1.29 is 18.0 Å². The lowest BCUT2D eigenvalue weighted by atomic mass is 9.90. The van der Waals surface area contributed by atoms with Crippen molar-refractivity contribution in [2.24, 2.45) is 5.92 Å². The molecule has 2 saturated heterocycles. The smallest absolute Gasteiger partial charge is 0.312 e. The number of hydrogen-bond donors (Lipinski definition) is 0. The Morgan fingerprint density at radius 1 is 1.12 bits per heavy atom. The van der Waals surface area contributed by atoms with E-state index < -0.39 is 21.7 Å². The molecule has 2 aliphatic heterocycles. The predicted molar refractivity (Wildman–Crippen MR) is 99.3 cm³/mol. The van der Waals surface area contributed by atoms with E-state index in [0.717, 1.165) is 19.3 Å². The molecule has 1 aromatic rings. The second-order valence-corrected chi connectivity index (χ2v) is 9.63. The molecule has 3 rings (SSSR count). The van der Waals surface area contributed by atoms with Crippen molar-refractivity contribution >= 4 is 21.7 Å². The van der Waals surface area contributed by atoms with Crippen LogP contribution in [0.15, 0.2) is 30.3 Å². The first-order chi connectivity index (χ1) is 12.4. The van der Waals surface area contributed by atoms with Gasteiger partial charge >= 0.3 is 11.8 Å². The molecule has 7 heteroatoms. The van der Waals surface area contributed by atoms with E-state index in [1.807, 2.05) is 18.2 Å². The third-order valence-corrected chi connectivity index (χ3v) is 7.28. The normalized spacial score (nSPS) is 23.0. The number of hydrogen-bond acceptors (Lipinski definition) is 4. The maximum atomic E-state index is 12.5. The minimum absolute atomic E-state index is 0.0400. The van der Waals surface area contributed by atoms with E-state index >= 15 is 0 Å². The van der Waals surface area contributed by atoms with Crippen molar-refractivity contribution in [3.63, 3.8) is 0 Å².